The van der Waals surface area contributed by atoms with Gasteiger partial charge in [-0.1, -0.05) is 23.7 Å². The van der Waals surface area contributed by atoms with Gasteiger partial charge < -0.3 is 14.8 Å². The lowest BCUT2D eigenvalue weighted by Gasteiger charge is -2.29. The van der Waals surface area contributed by atoms with Crippen molar-refractivity contribution in [3.63, 3.8) is 0 Å². The first-order valence-electron chi connectivity index (χ1n) is 8.23. The van der Waals surface area contributed by atoms with Crippen molar-refractivity contribution in [3.8, 4) is 11.5 Å². The lowest BCUT2D eigenvalue weighted by molar-refractivity contribution is -0.384. The van der Waals surface area contributed by atoms with Gasteiger partial charge in [0.05, 0.1) is 22.2 Å². The Labute approximate surface area is 160 Å². The number of hydrogen-bond donors (Lipinski definition) is 1. The van der Waals surface area contributed by atoms with E-state index in [2.05, 4.69) is 5.32 Å². The minimum Gasteiger partial charge on any atom is -0.486 e. The average molecular weight is 392 g/mol. The summed E-state index contributed by atoms with van der Waals surface area (Å²) in [5.74, 6) is 1.11. The number of nitrogens with one attached hydrogen (secondary N) is 1. The zero-order valence-electron chi connectivity index (χ0n) is 14.6. The number of rotatable bonds is 6. The maximum Gasteiger partial charge on any atom is 0.271 e. The highest BCUT2D eigenvalue weighted by Gasteiger charge is 2.22. The first kappa shape index (κ1) is 18.9. The number of anilines is 1. The molecule has 1 heterocycles. The highest BCUT2D eigenvalue weighted by molar-refractivity contribution is 6.34. The Balaban J connectivity index is 1.52. The number of carbonyl (C=O) groups is 1. The molecule has 0 saturated heterocycles. The van der Waals surface area contributed by atoms with Gasteiger partial charge in [-0.2, -0.15) is 0 Å². The van der Waals surface area contributed by atoms with Gasteiger partial charge in [0.25, 0.3) is 5.69 Å². The molecule has 0 saturated carbocycles. The molecule has 0 aliphatic carbocycles. The topological polar surface area (TPSA) is 93.9 Å². The summed E-state index contributed by atoms with van der Waals surface area (Å²) in [6.45, 7) is 1.00. The van der Waals surface area contributed by atoms with Crippen LogP contribution in [0.15, 0.2) is 42.5 Å². The van der Waals surface area contributed by atoms with Crippen LogP contribution in [0.2, 0.25) is 5.02 Å². The zero-order chi connectivity index (χ0) is 19.4. The Hall–Kier alpha value is -2.84. The molecular formula is C18H18ClN3O5. The summed E-state index contributed by atoms with van der Waals surface area (Å²) in [6.07, 6.45) is -0.194. The van der Waals surface area contributed by atoms with Crippen LogP contribution in [-0.4, -0.2) is 48.6 Å². The summed E-state index contributed by atoms with van der Waals surface area (Å²) in [4.78, 5) is 24.2. The molecule has 2 aromatic rings. The second-order valence-electron chi connectivity index (χ2n) is 6.16. The second-order valence-corrected chi connectivity index (χ2v) is 6.57. The molecular weight excluding hydrogens is 374 g/mol. The van der Waals surface area contributed by atoms with Gasteiger partial charge in [0.1, 0.15) is 12.7 Å². The number of para-hydroxylation sites is 2. The molecule has 0 aromatic heterocycles. The number of carbonyl (C=O) groups excluding carboxylic acids is 1. The van der Waals surface area contributed by atoms with E-state index < -0.39 is 4.92 Å². The van der Waals surface area contributed by atoms with Crippen molar-refractivity contribution in [2.24, 2.45) is 0 Å². The fourth-order valence-electron chi connectivity index (χ4n) is 2.72. The van der Waals surface area contributed by atoms with Crippen LogP contribution >= 0.6 is 11.6 Å². The van der Waals surface area contributed by atoms with Crippen molar-refractivity contribution in [1.82, 2.24) is 4.90 Å². The number of likely N-dealkylation sites (N-methyl/N-ethyl adjacent to an activating group) is 1. The molecule has 2 aromatic carbocycles. The van der Waals surface area contributed by atoms with E-state index in [1.165, 1.54) is 18.2 Å². The summed E-state index contributed by atoms with van der Waals surface area (Å²) in [6, 6.07) is 11.3. The van der Waals surface area contributed by atoms with Crippen molar-refractivity contribution in [3.05, 3.63) is 57.6 Å². The van der Waals surface area contributed by atoms with Gasteiger partial charge in [-0.05, 0) is 25.2 Å². The molecule has 8 nitrogen and oxygen atoms in total. The molecule has 0 bridgehead atoms. The summed E-state index contributed by atoms with van der Waals surface area (Å²) in [7, 11) is 1.79. The quantitative estimate of drug-likeness (QED) is 0.601. The van der Waals surface area contributed by atoms with Crippen LogP contribution in [-0.2, 0) is 4.79 Å². The molecule has 1 atom stereocenters. The summed E-state index contributed by atoms with van der Waals surface area (Å²) in [5.41, 5.74) is 0.191. The lowest BCUT2D eigenvalue weighted by Crippen LogP contribution is -2.42. The number of halogens is 1. The van der Waals surface area contributed by atoms with Gasteiger partial charge >= 0.3 is 0 Å². The molecule has 9 heteroatoms. The van der Waals surface area contributed by atoms with Crippen LogP contribution in [0.25, 0.3) is 0 Å². The molecule has 0 radical (unpaired) electrons. The lowest BCUT2D eigenvalue weighted by atomic mass is 10.2. The molecule has 27 heavy (non-hydrogen) atoms. The predicted octanol–water partition coefficient (Wildman–Crippen LogP) is 2.96. The third-order valence-electron chi connectivity index (χ3n) is 3.93. The van der Waals surface area contributed by atoms with E-state index in [4.69, 9.17) is 21.1 Å². The number of hydrogen-bond acceptors (Lipinski definition) is 6. The molecule has 1 aliphatic rings. The Kier molecular flexibility index (Phi) is 5.78. The SMILES string of the molecule is CN(CC(=O)Nc1ccc([N+](=O)[O-])cc1Cl)C[C@H]1COc2ccccc2O1. The molecule has 0 fully saturated rings. The van der Waals surface area contributed by atoms with E-state index >= 15 is 0 Å². The predicted molar refractivity (Wildman–Crippen MR) is 101 cm³/mol. The van der Waals surface area contributed by atoms with Crippen LogP contribution in [0.5, 0.6) is 11.5 Å². The van der Waals surface area contributed by atoms with Gasteiger partial charge in [-0.3, -0.25) is 19.8 Å². The van der Waals surface area contributed by atoms with Crippen LogP contribution in [0, 0.1) is 10.1 Å². The number of non-ortho nitro benzene ring substituents is 1. The van der Waals surface area contributed by atoms with Crippen molar-refractivity contribution in [2.45, 2.75) is 6.10 Å². The molecule has 1 aliphatic heterocycles. The summed E-state index contributed by atoms with van der Waals surface area (Å²) in [5, 5.41) is 13.5. The highest BCUT2D eigenvalue weighted by atomic mass is 35.5. The highest BCUT2D eigenvalue weighted by Crippen LogP contribution is 2.31. The Morgan fingerprint density at radius 3 is 2.78 bits per heavy atom. The largest absolute Gasteiger partial charge is 0.486 e. The van der Waals surface area contributed by atoms with Gasteiger partial charge in [0.15, 0.2) is 11.5 Å². The van der Waals surface area contributed by atoms with Crippen LogP contribution < -0.4 is 14.8 Å². The van der Waals surface area contributed by atoms with E-state index in [1.54, 1.807) is 11.9 Å². The molecule has 1 amide bonds. The normalized spacial score (nSPS) is 15.4. The van der Waals surface area contributed by atoms with Gasteiger partial charge in [0.2, 0.25) is 5.91 Å². The molecule has 0 unspecified atom stereocenters. The van der Waals surface area contributed by atoms with Crippen molar-refractivity contribution in [1.29, 1.82) is 0 Å². The van der Waals surface area contributed by atoms with Crippen LogP contribution in [0.1, 0.15) is 0 Å². The molecule has 142 valence electrons. The molecule has 0 spiro atoms. The zero-order valence-corrected chi connectivity index (χ0v) is 15.3. The summed E-state index contributed by atoms with van der Waals surface area (Å²) >= 11 is 5.99. The number of amides is 1. The maximum absolute atomic E-state index is 12.2. The second kappa shape index (κ2) is 8.24. The Bertz CT molecular complexity index is 861. The minimum atomic E-state index is -0.546. The third kappa shape index (κ3) is 4.87. The number of nitro benzene ring substituents is 1. The van der Waals surface area contributed by atoms with Gasteiger partial charge in [0, 0.05) is 18.7 Å². The first-order chi connectivity index (χ1) is 12.9. The fourth-order valence-corrected chi connectivity index (χ4v) is 2.94. The van der Waals surface area contributed by atoms with Crippen LogP contribution in [0.3, 0.4) is 0 Å². The van der Waals surface area contributed by atoms with E-state index in [0.717, 1.165) is 0 Å². The van der Waals surface area contributed by atoms with E-state index in [-0.39, 0.29) is 29.3 Å². The van der Waals surface area contributed by atoms with E-state index in [9.17, 15) is 14.9 Å². The maximum atomic E-state index is 12.2. The smallest absolute Gasteiger partial charge is 0.271 e. The molecule has 1 N–H and O–H groups in total. The van der Waals surface area contributed by atoms with Crippen LogP contribution in [0.4, 0.5) is 11.4 Å². The molecule has 3 rings (SSSR count). The number of nitro groups is 1. The number of nitrogens with zero attached hydrogens (tertiary/aromatic N) is 2. The van der Waals surface area contributed by atoms with Crippen molar-refractivity contribution < 1.29 is 19.2 Å². The van der Waals surface area contributed by atoms with Gasteiger partial charge in [-0.15, -0.1) is 0 Å². The third-order valence-corrected chi connectivity index (χ3v) is 4.25. The monoisotopic (exact) mass is 391 g/mol. The van der Waals surface area contributed by atoms with Gasteiger partial charge in [-0.25, -0.2) is 0 Å². The Morgan fingerprint density at radius 2 is 2.07 bits per heavy atom. The average Bonchev–Trinajstić information content (AvgIpc) is 2.63. The Morgan fingerprint density at radius 1 is 1.33 bits per heavy atom. The van der Waals surface area contributed by atoms with E-state index in [0.29, 0.717) is 30.3 Å². The summed E-state index contributed by atoms with van der Waals surface area (Å²) < 4.78 is 11.5. The standard InChI is InChI=1S/C18H18ClN3O5/c1-21(9-13-11-26-16-4-2-3-5-17(16)27-13)10-18(23)20-15-7-6-12(22(24)25)8-14(15)19/h2-8,13H,9-11H2,1H3,(H,20,23)/t13-/m0/s1. The minimum absolute atomic E-state index is 0.106. The number of fused-ring (bicyclic) bond motifs is 1. The number of benzene rings is 2. The van der Waals surface area contributed by atoms with Crippen molar-refractivity contribution in [2.75, 3.05) is 32.1 Å². The number of ether oxygens (including phenoxy) is 2. The van der Waals surface area contributed by atoms with Crippen molar-refractivity contribution >= 4 is 28.9 Å². The van der Waals surface area contributed by atoms with E-state index in [1.807, 2.05) is 24.3 Å². The fraction of sp³-hybridized carbons (Fsp3) is 0.278. The first-order valence-corrected chi connectivity index (χ1v) is 8.61.